The van der Waals surface area contributed by atoms with Gasteiger partial charge >= 0.3 is 0 Å². The van der Waals surface area contributed by atoms with Crippen molar-refractivity contribution < 1.29 is 0 Å². The van der Waals surface area contributed by atoms with E-state index in [1.807, 2.05) is 0 Å². The first kappa shape index (κ1) is 11.4. The molecular weight excluding hydrogens is 182 g/mol. The summed E-state index contributed by atoms with van der Waals surface area (Å²) < 4.78 is 0. The lowest BCUT2D eigenvalue weighted by molar-refractivity contribution is -0.0503. The van der Waals surface area contributed by atoms with E-state index in [2.05, 4.69) is 18.7 Å². The normalized spacial score (nSPS) is 26.8. The van der Waals surface area contributed by atoms with E-state index in [0.29, 0.717) is 5.54 Å². The minimum absolute atomic E-state index is 0.689. The largest absolute Gasteiger partial charge is 0.295 e. The Morgan fingerprint density at radius 3 is 2.33 bits per heavy atom. The molecule has 0 bridgehead atoms. The van der Waals surface area contributed by atoms with Crippen molar-refractivity contribution in [1.82, 2.24) is 4.90 Å². The average molecular weight is 209 g/mol. The van der Waals surface area contributed by atoms with Crippen LogP contribution in [0.3, 0.4) is 0 Å². The molecule has 1 nitrogen and oxygen atoms in total. The summed E-state index contributed by atoms with van der Waals surface area (Å²) >= 11 is 0. The Labute approximate surface area is 95.2 Å². The summed E-state index contributed by atoms with van der Waals surface area (Å²) in [6, 6.07) is 0.900. The molecule has 15 heavy (non-hydrogen) atoms. The van der Waals surface area contributed by atoms with Gasteiger partial charge in [-0.2, -0.15) is 0 Å². The van der Waals surface area contributed by atoms with Crippen molar-refractivity contribution in [2.75, 3.05) is 6.54 Å². The molecule has 0 N–H and O–H groups in total. The third kappa shape index (κ3) is 2.08. The Balaban J connectivity index is 1.90. The Bertz CT molecular complexity index is 194. The minimum atomic E-state index is 0.689. The molecule has 0 amide bonds. The van der Waals surface area contributed by atoms with E-state index in [4.69, 9.17) is 0 Å². The van der Waals surface area contributed by atoms with Crippen molar-refractivity contribution in [3.63, 3.8) is 0 Å². The van der Waals surface area contributed by atoms with Crippen LogP contribution in [0, 0.1) is 0 Å². The van der Waals surface area contributed by atoms with Gasteiger partial charge in [-0.05, 0) is 32.1 Å². The Morgan fingerprint density at radius 2 is 1.87 bits per heavy atom. The fourth-order valence-electron chi connectivity index (χ4n) is 3.72. The molecule has 2 fully saturated rings. The van der Waals surface area contributed by atoms with Gasteiger partial charge in [0.2, 0.25) is 0 Å². The summed E-state index contributed by atoms with van der Waals surface area (Å²) in [5, 5.41) is 0. The molecule has 1 aliphatic carbocycles. The van der Waals surface area contributed by atoms with E-state index < -0.39 is 0 Å². The van der Waals surface area contributed by atoms with Crippen molar-refractivity contribution in [3.05, 3.63) is 0 Å². The molecule has 2 aliphatic rings. The second kappa shape index (κ2) is 4.86. The van der Waals surface area contributed by atoms with Gasteiger partial charge in [-0.3, -0.25) is 4.90 Å². The maximum atomic E-state index is 2.87. The van der Waals surface area contributed by atoms with Crippen LogP contribution in [0.25, 0.3) is 0 Å². The summed E-state index contributed by atoms with van der Waals surface area (Å²) in [5.74, 6) is 0. The maximum Gasteiger partial charge on any atom is 0.0224 e. The van der Waals surface area contributed by atoms with E-state index in [-0.39, 0.29) is 0 Å². The fourth-order valence-corrected chi connectivity index (χ4v) is 3.72. The summed E-state index contributed by atoms with van der Waals surface area (Å²) in [6.45, 7) is 6.08. The van der Waals surface area contributed by atoms with Crippen LogP contribution in [-0.4, -0.2) is 23.0 Å². The van der Waals surface area contributed by atoms with Gasteiger partial charge in [0, 0.05) is 18.1 Å². The molecule has 1 saturated heterocycles. The molecule has 88 valence electrons. The predicted octanol–water partition coefficient (Wildman–Crippen LogP) is 3.97. The molecule has 1 heterocycles. The first-order chi connectivity index (χ1) is 7.32. The van der Waals surface area contributed by atoms with Crippen molar-refractivity contribution in [3.8, 4) is 0 Å². The quantitative estimate of drug-likeness (QED) is 0.662. The van der Waals surface area contributed by atoms with Gasteiger partial charge in [0.25, 0.3) is 0 Å². The Morgan fingerprint density at radius 1 is 1.13 bits per heavy atom. The molecule has 1 spiro atoms. The van der Waals surface area contributed by atoms with Gasteiger partial charge < -0.3 is 0 Å². The molecule has 1 heteroatoms. The van der Waals surface area contributed by atoms with Crippen LogP contribution in [0.2, 0.25) is 0 Å². The molecule has 1 atom stereocenters. The summed E-state index contributed by atoms with van der Waals surface area (Å²) in [4.78, 5) is 2.87. The van der Waals surface area contributed by atoms with Crippen LogP contribution < -0.4 is 0 Å². The van der Waals surface area contributed by atoms with Crippen molar-refractivity contribution in [1.29, 1.82) is 0 Å². The molecule has 0 aromatic heterocycles. The zero-order valence-corrected chi connectivity index (χ0v) is 10.6. The fraction of sp³-hybridized carbons (Fsp3) is 1.00. The highest BCUT2D eigenvalue weighted by Gasteiger charge is 2.48. The molecule has 1 aliphatic heterocycles. The minimum Gasteiger partial charge on any atom is -0.295 e. The molecule has 0 aromatic carbocycles. The van der Waals surface area contributed by atoms with Crippen molar-refractivity contribution in [2.24, 2.45) is 0 Å². The van der Waals surface area contributed by atoms with Crippen LogP contribution >= 0.6 is 0 Å². The van der Waals surface area contributed by atoms with Crippen LogP contribution in [0.4, 0.5) is 0 Å². The van der Waals surface area contributed by atoms with Crippen LogP contribution in [0.1, 0.15) is 71.6 Å². The third-order valence-electron chi connectivity index (χ3n) is 4.76. The van der Waals surface area contributed by atoms with E-state index in [1.54, 1.807) is 0 Å². The number of rotatable bonds is 5. The van der Waals surface area contributed by atoms with Gasteiger partial charge in [-0.25, -0.2) is 0 Å². The average Bonchev–Trinajstić information content (AvgIpc) is 2.73. The summed E-state index contributed by atoms with van der Waals surface area (Å²) in [6.07, 6.45) is 13.0. The highest BCUT2D eigenvalue weighted by atomic mass is 15.3. The van der Waals surface area contributed by atoms with Gasteiger partial charge in [-0.1, -0.05) is 39.5 Å². The monoisotopic (exact) mass is 209 g/mol. The van der Waals surface area contributed by atoms with Crippen molar-refractivity contribution >= 4 is 0 Å². The van der Waals surface area contributed by atoms with Crippen LogP contribution in [0.5, 0.6) is 0 Å². The van der Waals surface area contributed by atoms with Gasteiger partial charge in [-0.15, -0.1) is 0 Å². The number of nitrogens with zero attached hydrogens (tertiary/aromatic N) is 1. The molecule has 0 aromatic rings. The predicted molar refractivity (Wildman–Crippen MR) is 66.1 cm³/mol. The van der Waals surface area contributed by atoms with E-state index in [1.165, 1.54) is 64.3 Å². The number of hydrogen-bond donors (Lipinski definition) is 0. The van der Waals surface area contributed by atoms with Gasteiger partial charge in [0.15, 0.2) is 0 Å². The Kier molecular flexibility index (Phi) is 3.71. The highest BCUT2D eigenvalue weighted by molar-refractivity contribution is 5.04. The summed E-state index contributed by atoms with van der Waals surface area (Å²) in [5.41, 5.74) is 0.689. The summed E-state index contributed by atoms with van der Waals surface area (Å²) in [7, 11) is 0. The zero-order valence-electron chi connectivity index (χ0n) is 10.6. The molecule has 0 radical (unpaired) electrons. The first-order valence-electron chi connectivity index (χ1n) is 7.09. The molecule has 2 rings (SSSR count). The third-order valence-corrected chi connectivity index (χ3v) is 4.76. The van der Waals surface area contributed by atoms with E-state index >= 15 is 0 Å². The zero-order chi connectivity index (χ0) is 10.7. The number of hydrogen-bond acceptors (Lipinski definition) is 1. The van der Waals surface area contributed by atoms with E-state index in [0.717, 1.165) is 6.04 Å². The highest BCUT2D eigenvalue weighted by Crippen LogP contribution is 2.46. The van der Waals surface area contributed by atoms with E-state index in [9.17, 15) is 0 Å². The lowest BCUT2D eigenvalue weighted by Crippen LogP contribution is -2.61. The lowest BCUT2D eigenvalue weighted by Gasteiger charge is -2.55. The van der Waals surface area contributed by atoms with Gasteiger partial charge in [0.05, 0.1) is 0 Å². The Hall–Kier alpha value is -0.0400. The lowest BCUT2D eigenvalue weighted by atomic mass is 9.80. The maximum absolute atomic E-state index is 2.87. The molecule has 1 unspecified atom stereocenters. The smallest absolute Gasteiger partial charge is 0.0224 e. The second-order valence-electron chi connectivity index (χ2n) is 5.58. The SMILES string of the molecule is CCCCC(CC)N1CCC12CCCC2. The molecular formula is C14H27N. The second-order valence-corrected chi connectivity index (χ2v) is 5.58. The standard InChI is InChI=1S/C14H27N/c1-3-5-8-13(4-2)15-12-11-14(15)9-6-7-10-14/h13H,3-12H2,1-2H3. The number of likely N-dealkylation sites (tertiary alicyclic amines) is 1. The first-order valence-corrected chi connectivity index (χ1v) is 7.09. The molecule has 1 saturated carbocycles. The van der Waals surface area contributed by atoms with Crippen LogP contribution in [-0.2, 0) is 0 Å². The van der Waals surface area contributed by atoms with Gasteiger partial charge in [0.1, 0.15) is 0 Å². The topological polar surface area (TPSA) is 3.24 Å². The number of unbranched alkanes of at least 4 members (excludes halogenated alkanes) is 1. The van der Waals surface area contributed by atoms with Crippen LogP contribution in [0.15, 0.2) is 0 Å². The van der Waals surface area contributed by atoms with Crippen molar-refractivity contribution in [2.45, 2.75) is 83.2 Å².